The van der Waals surface area contributed by atoms with Gasteiger partial charge >= 0.3 is 6.18 Å². The van der Waals surface area contributed by atoms with Gasteiger partial charge in [-0.15, -0.1) is 20.4 Å². The molecule has 0 radical (unpaired) electrons. The van der Waals surface area contributed by atoms with Crippen molar-refractivity contribution in [2.24, 2.45) is 20.0 Å². The molecule has 0 saturated carbocycles. The molecule has 0 aliphatic carbocycles. The van der Waals surface area contributed by atoms with E-state index in [0.717, 1.165) is 44.0 Å². The first-order valence-corrected chi connectivity index (χ1v) is 42.3. The molecule has 36 nitrogen and oxygen atoms in total. The summed E-state index contributed by atoms with van der Waals surface area (Å²) in [5.41, 5.74) is -4.44. The molecule has 8 saturated heterocycles. The summed E-state index contributed by atoms with van der Waals surface area (Å²) in [6, 6.07) is 30.8. The summed E-state index contributed by atoms with van der Waals surface area (Å²) in [7, 11) is 0. The highest BCUT2D eigenvalue weighted by atomic mass is 79.9. The summed E-state index contributed by atoms with van der Waals surface area (Å²) in [4.78, 5) is 17.2. The first kappa shape index (κ1) is 88.0. The largest absolute Gasteiger partial charge is 0.487 e. The van der Waals surface area contributed by atoms with Crippen LogP contribution in [0.25, 0.3) is 0 Å². The van der Waals surface area contributed by atoms with Crippen molar-refractivity contribution < 1.29 is 93.0 Å². The third kappa shape index (κ3) is 20.2. The minimum Gasteiger partial charge on any atom is -0.487 e. The first-order chi connectivity index (χ1) is 56.6. The van der Waals surface area contributed by atoms with Gasteiger partial charge in [-0.05, 0) is 69.5 Å². The quantitative estimate of drug-likeness (QED) is 0.0487. The summed E-state index contributed by atoms with van der Waals surface area (Å²) in [6.07, 6.45) is -11.6. The van der Waals surface area contributed by atoms with Gasteiger partial charge in [0.1, 0.15) is 142 Å². The number of hydrogen-bond donors (Lipinski definition) is 15. The molecule has 636 valence electrons. The first-order valence-electron chi connectivity index (χ1n) is 38.0. The van der Waals surface area contributed by atoms with E-state index >= 15 is 0 Å². The van der Waals surface area contributed by atoms with Crippen molar-refractivity contribution in [1.29, 1.82) is 0 Å². The Morgan fingerprint density at radius 2 is 0.831 bits per heavy atom. The molecule has 4 aromatic carbocycles. The number of amidine groups is 4. The predicted octanol–water partition coefficient (Wildman–Crippen LogP) is 1.70. The van der Waals surface area contributed by atoms with Crippen molar-refractivity contribution in [2.75, 3.05) is 26.2 Å². The molecule has 16 rings (SSSR count). The zero-order valence-corrected chi connectivity index (χ0v) is 68.9. The van der Waals surface area contributed by atoms with Crippen molar-refractivity contribution in [1.82, 2.24) is 81.2 Å². The number of thioether (sulfide) groups is 4. The number of aliphatic imine (C=N–C) groups is 4. The minimum atomic E-state index is -5.05. The molecular formula is C74H92BrF3N20O16S4. The Kier molecular flexibility index (Phi) is 29.0. The lowest BCUT2D eigenvalue weighted by Gasteiger charge is -2.38. The number of hydrogen-bond acceptors (Lipinski definition) is 32. The highest BCUT2D eigenvalue weighted by Gasteiger charge is 2.59. The van der Waals surface area contributed by atoms with Gasteiger partial charge in [-0.2, -0.15) is 13.2 Å². The van der Waals surface area contributed by atoms with E-state index in [2.05, 4.69) is 98.4 Å². The number of ether oxygens (including phenoxy) is 5. The lowest BCUT2D eigenvalue weighted by Crippen LogP contribution is -2.59. The lowest BCUT2D eigenvalue weighted by molar-refractivity contribution is -0.249. The van der Waals surface area contributed by atoms with Gasteiger partial charge in [0.2, 0.25) is 5.60 Å². The predicted molar refractivity (Wildman–Crippen MR) is 432 cm³/mol. The second kappa shape index (κ2) is 38.9. The average molecular weight is 1780 g/mol. The summed E-state index contributed by atoms with van der Waals surface area (Å²) < 4.78 is 77.8. The summed E-state index contributed by atoms with van der Waals surface area (Å²) in [6.45, 7) is 12.5. The van der Waals surface area contributed by atoms with Crippen LogP contribution in [0, 0.1) is 0 Å². The van der Waals surface area contributed by atoms with Crippen LogP contribution in [0.15, 0.2) is 164 Å². The van der Waals surface area contributed by atoms with E-state index in [9.17, 15) is 69.3 Å². The van der Waals surface area contributed by atoms with Gasteiger partial charge < -0.3 is 101 Å². The van der Waals surface area contributed by atoms with Gasteiger partial charge in [0.05, 0.1) is 75.1 Å². The molecular weight excluding hydrogens is 1690 g/mol. The van der Waals surface area contributed by atoms with E-state index in [-0.39, 0.29) is 55.1 Å². The van der Waals surface area contributed by atoms with Gasteiger partial charge in [-0.1, -0.05) is 181 Å². The van der Waals surface area contributed by atoms with Crippen LogP contribution in [-0.4, -0.2) is 288 Å². The maximum absolute atomic E-state index is 13.9. The lowest BCUT2D eigenvalue weighted by atomic mass is 9.90. The summed E-state index contributed by atoms with van der Waals surface area (Å²) in [5, 5.41) is 163. The normalized spacial score (nSPS) is 31.5. The topological polar surface area (TPSA) is 489 Å². The zero-order chi connectivity index (χ0) is 83.7. The number of fused-ring (bicyclic) bond motifs is 4. The fraction of sp³-hybridized carbons (Fsp3) is 0.514. The van der Waals surface area contributed by atoms with Crippen LogP contribution in [0.4, 0.5) is 13.2 Å². The Morgan fingerprint density at radius 1 is 0.466 bits per heavy atom. The standard InChI is InChI=1S/C19H22F3N5O4S.C19H25N5O4S.C18H22BrN5O4S.C18H23N5O4S/c1-2-23-17-24-13-15(29)14(28)11(31-16(13)32-17)8-27-9-12(25-26-27)18(30,19(20,21)22)10-6-4-3-5-7-10;1-3-20-18-21-14-16(26)15(25)12(28-17(14)29-18)9-24-10-13(22-23-24)19(2,27)11-7-5-4-6-8-11;1-2-20-18-21-14-16(26)15(25)13(28-17(14)29-18)8-24-7-11(22-23-24)9-27-12-5-3-4-10(19)6-12;1-2-19-18-20-13-16(26)15(25)12(27-17(13)28-18)9-23-8-11(21-22-23)14(24)10-6-4-3-5-7-10/h3-7,9,11,13-16,28-30H,2,8H2,1H3,(H,23,24);4-8,10,12,14-17,25-27H,3,9H2,1-2H3,(H,20,21);3-7,13-17,25-26H,2,8-9H2,1H3,(H,20,21);3-8,12-17,24-26H,2,9H2,1H3,(H,19,20)/t11-,13-,14-,15-,16-,18?;12-,14-,15-,16-,17-,19?;13-,14-,15-,16-,17-;12-,13-,14?,15-,16-,17-/m1111/s1. The van der Waals surface area contributed by atoms with Gasteiger partial charge in [0.15, 0.2) is 20.7 Å². The second-order valence-electron chi connectivity index (χ2n) is 28.4. The van der Waals surface area contributed by atoms with Crippen molar-refractivity contribution in [3.8, 4) is 5.75 Å². The minimum absolute atomic E-state index is 0.183. The maximum Gasteiger partial charge on any atom is 0.427 e. The Labute approximate surface area is 699 Å². The SMILES string of the molecule is CCN=C1N[C@@H]2[C@@H](O)[C@H](O)[C@@H](Cn3cc(C(C)(O)c4ccccc4)nn3)O[C@@H]2S1.CCN=C1N[C@@H]2[C@@H](O)[C@H](O)[C@@H](Cn3cc(C(O)(c4ccccc4)C(F)(F)F)nn3)O[C@@H]2S1.CCN=C1N[C@@H]2[C@@H](O)[C@H](O)[C@@H](Cn3cc(C(O)c4ccccc4)nn3)O[C@@H]2S1.CCN=C1N[C@@H]2[C@@H](O)[C@H](O)[C@@H](Cn3cc(COc4cccc(Br)c4)nn3)O[C@@H]2S1. The van der Waals surface area contributed by atoms with E-state index < -0.39 is 132 Å². The smallest absolute Gasteiger partial charge is 0.427 e. The number of nitrogens with one attached hydrogen (secondary N) is 4. The third-order valence-corrected chi connectivity index (χ3v) is 25.1. The summed E-state index contributed by atoms with van der Waals surface area (Å²) >= 11 is 8.91. The van der Waals surface area contributed by atoms with Gasteiger partial charge in [0, 0.05) is 30.7 Å². The van der Waals surface area contributed by atoms with Gasteiger partial charge in [-0.25, -0.2) is 18.7 Å². The Bertz CT molecular complexity index is 4730. The number of aliphatic hydroxyl groups is 11. The number of aromatic nitrogens is 12. The number of nitrogens with zero attached hydrogens (tertiary/aromatic N) is 16. The van der Waals surface area contributed by atoms with Crippen molar-refractivity contribution in [3.63, 3.8) is 0 Å². The average Bonchev–Trinajstić information content (AvgIpc) is 1.65. The highest BCUT2D eigenvalue weighted by Crippen LogP contribution is 2.45. The number of aliphatic hydroxyl groups excluding tert-OH is 9. The fourth-order valence-corrected chi connectivity index (χ4v) is 19.1. The van der Waals surface area contributed by atoms with Crippen LogP contribution in [0.2, 0.25) is 0 Å². The zero-order valence-electron chi connectivity index (χ0n) is 64.0. The number of halogens is 4. The molecule has 12 heterocycles. The Morgan fingerprint density at radius 3 is 1.24 bits per heavy atom. The van der Waals surface area contributed by atoms with E-state index in [0.29, 0.717) is 64.3 Å². The van der Waals surface area contributed by atoms with Crippen LogP contribution in [0.1, 0.15) is 80.2 Å². The van der Waals surface area contributed by atoms with Crippen molar-refractivity contribution in [2.45, 2.75) is 210 Å². The van der Waals surface area contributed by atoms with Crippen LogP contribution >= 0.6 is 63.0 Å². The molecule has 8 aliphatic rings. The second-order valence-corrected chi connectivity index (χ2v) is 33.7. The molecule has 23 atom stereocenters. The molecule has 0 amide bonds. The van der Waals surface area contributed by atoms with E-state index in [1.54, 1.807) is 30.2 Å². The Hall–Kier alpha value is -7.81. The maximum atomic E-state index is 13.9. The summed E-state index contributed by atoms with van der Waals surface area (Å²) in [5.74, 6) is 0.726. The molecule has 0 spiro atoms. The molecule has 8 aliphatic heterocycles. The van der Waals surface area contributed by atoms with Gasteiger partial charge in [0.25, 0.3) is 0 Å². The van der Waals surface area contributed by atoms with Gasteiger partial charge in [-0.3, -0.25) is 20.0 Å². The Balaban J connectivity index is 0.000000137. The van der Waals surface area contributed by atoms with E-state index in [1.165, 1.54) is 74.6 Å². The van der Waals surface area contributed by atoms with Crippen LogP contribution in [0.5, 0.6) is 5.75 Å². The highest BCUT2D eigenvalue weighted by molar-refractivity contribution is 9.10. The molecule has 0 bridgehead atoms. The number of benzene rings is 4. The van der Waals surface area contributed by atoms with Crippen LogP contribution < -0.4 is 26.0 Å². The third-order valence-electron chi connectivity index (χ3n) is 20.2. The van der Waals surface area contributed by atoms with E-state index in [4.69, 9.17) is 23.7 Å². The van der Waals surface area contributed by atoms with Crippen molar-refractivity contribution in [3.05, 3.63) is 184 Å². The van der Waals surface area contributed by atoms with Crippen LogP contribution in [0.3, 0.4) is 0 Å². The monoisotopic (exact) mass is 1780 g/mol. The molecule has 3 unspecified atom stereocenters. The van der Waals surface area contributed by atoms with Crippen LogP contribution in [-0.2, 0) is 62.9 Å². The fourth-order valence-electron chi connectivity index (χ4n) is 13.9. The van der Waals surface area contributed by atoms with Crippen molar-refractivity contribution >= 4 is 83.6 Å². The van der Waals surface area contributed by atoms with E-state index in [1.807, 2.05) is 113 Å². The molecule has 8 fully saturated rings. The molecule has 8 aromatic rings. The molecule has 15 N–H and O–H groups in total. The molecule has 44 heteroatoms. The molecule has 4 aromatic heterocycles. The number of rotatable bonds is 21. The number of alkyl halides is 3. The molecule has 118 heavy (non-hydrogen) atoms.